The number of hydrogen-bond acceptors (Lipinski definition) is 4. The summed E-state index contributed by atoms with van der Waals surface area (Å²) in [6, 6.07) is 9.48. The third-order valence-corrected chi connectivity index (χ3v) is 2.19. The number of oxime groups is 1. The van der Waals surface area contributed by atoms with Gasteiger partial charge in [0.15, 0.2) is 0 Å². The Balaban J connectivity index is 2.31. The van der Waals surface area contributed by atoms with Gasteiger partial charge in [0.25, 0.3) is 0 Å². The fourth-order valence-corrected chi connectivity index (χ4v) is 1.42. The highest BCUT2D eigenvalue weighted by Gasteiger charge is 2.26. The zero-order valence-corrected chi connectivity index (χ0v) is 8.93. The summed E-state index contributed by atoms with van der Waals surface area (Å²) in [6.07, 6.45) is 1.64. The molecule has 1 aliphatic rings. The molecule has 1 aromatic rings. The Morgan fingerprint density at radius 3 is 2.81 bits per heavy atom. The third kappa shape index (κ3) is 1.95. The Kier molecular flexibility index (Phi) is 3.00. The van der Waals surface area contributed by atoms with Gasteiger partial charge in [-0.3, -0.25) is 0 Å². The molecular weight excluding hydrogens is 204 g/mol. The number of hydrogen-bond donors (Lipinski definition) is 1. The number of nitrogens with one attached hydrogen (secondary N) is 1. The number of nitrogens with zero attached hydrogens (tertiary/aromatic N) is 1. The monoisotopic (exact) mass is 216 g/mol. The zero-order valence-electron chi connectivity index (χ0n) is 8.93. The summed E-state index contributed by atoms with van der Waals surface area (Å²) < 4.78 is 0. The summed E-state index contributed by atoms with van der Waals surface area (Å²) in [7, 11) is 0. The van der Waals surface area contributed by atoms with E-state index in [1.165, 1.54) is 0 Å². The third-order valence-electron chi connectivity index (χ3n) is 2.19. The van der Waals surface area contributed by atoms with E-state index in [2.05, 4.69) is 15.3 Å². The van der Waals surface area contributed by atoms with Gasteiger partial charge in [0.2, 0.25) is 0 Å². The second-order valence-corrected chi connectivity index (χ2v) is 3.30. The molecule has 1 aromatic carbocycles. The minimum absolute atomic E-state index is 0.417. The van der Waals surface area contributed by atoms with E-state index in [0.29, 0.717) is 11.3 Å². The quantitative estimate of drug-likeness (QED) is 0.614. The Morgan fingerprint density at radius 1 is 1.38 bits per heavy atom. The summed E-state index contributed by atoms with van der Waals surface area (Å²) in [5, 5.41) is 6.76. The molecule has 0 spiro atoms. The first-order chi connectivity index (χ1) is 7.83. The lowest BCUT2D eigenvalue weighted by atomic mass is 10.0. The van der Waals surface area contributed by atoms with Crippen LogP contribution in [0.5, 0.6) is 0 Å². The molecule has 2 rings (SSSR count). The Bertz CT molecular complexity index is 449. The van der Waals surface area contributed by atoms with Crippen LogP contribution in [0, 0.1) is 0 Å². The van der Waals surface area contributed by atoms with Crippen molar-refractivity contribution in [2.75, 3.05) is 6.54 Å². The predicted molar refractivity (Wildman–Crippen MR) is 60.8 cm³/mol. The lowest BCUT2D eigenvalue weighted by Gasteiger charge is -2.00. The highest BCUT2D eigenvalue weighted by molar-refractivity contribution is 6.28. The van der Waals surface area contributed by atoms with Crippen LogP contribution >= 0.6 is 0 Å². The van der Waals surface area contributed by atoms with Gasteiger partial charge >= 0.3 is 5.97 Å². The number of benzene rings is 1. The van der Waals surface area contributed by atoms with Gasteiger partial charge in [-0.05, 0) is 6.92 Å². The molecule has 0 bridgehead atoms. The van der Waals surface area contributed by atoms with Crippen LogP contribution in [0.15, 0.2) is 47.3 Å². The van der Waals surface area contributed by atoms with Crippen molar-refractivity contribution < 1.29 is 9.63 Å². The second kappa shape index (κ2) is 4.61. The van der Waals surface area contributed by atoms with Crippen LogP contribution in [-0.2, 0) is 9.63 Å². The summed E-state index contributed by atoms with van der Waals surface area (Å²) in [6.45, 7) is 2.70. The van der Waals surface area contributed by atoms with Gasteiger partial charge in [-0.2, -0.15) is 0 Å². The average molecular weight is 216 g/mol. The van der Waals surface area contributed by atoms with E-state index in [0.717, 1.165) is 12.1 Å². The van der Waals surface area contributed by atoms with Crippen LogP contribution in [0.2, 0.25) is 0 Å². The van der Waals surface area contributed by atoms with Crippen molar-refractivity contribution in [3.05, 3.63) is 47.7 Å². The van der Waals surface area contributed by atoms with E-state index in [1.54, 1.807) is 6.20 Å². The van der Waals surface area contributed by atoms with Gasteiger partial charge in [0.1, 0.15) is 11.3 Å². The zero-order chi connectivity index (χ0) is 11.4. The molecule has 0 aliphatic carbocycles. The van der Waals surface area contributed by atoms with Crippen LogP contribution in [0.4, 0.5) is 0 Å². The normalized spacial score (nSPS) is 17.2. The van der Waals surface area contributed by atoms with Gasteiger partial charge in [-0.15, -0.1) is 0 Å². The Morgan fingerprint density at radius 2 is 2.12 bits per heavy atom. The molecule has 0 atom stereocenters. The lowest BCUT2D eigenvalue weighted by molar-refractivity contribution is -0.136. The molecule has 0 saturated carbocycles. The van der Waals surface area contributed by atoms with Crippen LogP contribution in [0.1, 0.15) is 12.5 Å². The largest absolute Gasteiger partial charge is 0.390 e. The SMILES string of the molecule is CCN/C=C1/C(=O)ON=C1c1ccccc1. The number of rotatable bonds is 3. The highest BCUT2D eigenvalue weighted by Crippen LogP contribution is 2.16. The van der Waals surface area contributed by atoms with E-state index in [9.17, 15) is 4.79 Å². The molecule has 4 heteroatoms. The fourth-order valence-electron chi connectivity index (χ4n) is 1.42. The molecule has 0 amide bonds. The Labute approximate surface area is 93.6 Å². The Hall–Kier alpha value is -2.10. The standard InChI is InChI=1S/C12H12N2O2/c1-2-13-8-10-11(14-16-12(10)15)9-6-4-3-5-7-9/h3-8,13H,2H2,1H3/b10-8+. The maximum atomic E-state index is 11.4. The minimum atomic E-state index is -0.417. The molecule has 1 N–H and O–H groups in total. The highest BCUT2D eigenvalue weighted by atomic mass is 16.7. The van der Waals surface area contributed by atoms with Crippen molar-refractivity contribution in [2.45, 2.75) is 6.92 Å². The molecule has 16 heavy (non-hydrogen) atoms. The number of carbonyl (C=O) groups is 1. The molecule has 0 fully saturated rings. The molecule has 0 unspecified atom stereocenters. The summed E-state index contributed by atoms with van der Waals surface area (Å²) >= 11 is 0. The summed E-state index contributed by atoms with van der Waals surface area (Å²) in [5.74, 6) is -0.417. The van der Waals surface area contributed by atoms with Crippen molar-refractivity contribution in [1.29, 1.82) is 0 Å². The maximum absolute atomic E-state index is 11.4. The molecule has 0 saturated heterocycles. The second-order valence-electron chi connectivity index (χ2n) is 3.30. The lowest BCUT2D eigenvalue weighted by Crippen LogP contribution is -2.13. The molecule has 82 valence electrons. The van der Waals surface area contributed by atoms with Crippen molar-refractivity contribution in [1.82, 2.24) is 5.32 Å². The van der Waals surface area contributed by atoms with E-state index in [-0.39, 0.29) is 0 Å². The molecule has 0 radical (unpaired) electrons. The number of carbonyl (C=O) groups excluding carboxylic acids is 1. The predicted octanol–water partition coefficient (Wildman–Crippen LogP) is 1.44. The van der Waals surface area contributed by atoms with Gasteiger partial charge in [0, 0.05) is 18.3 Å². The van der Waals surface area contributed by atoms with Crippen molar-refractivity contribution in [3.8, 4) is 0 Å². The molecule has 0 aromatic heterocycles. The topological polar surface area (TPSA) is 50.7 Å². The van der Waals surface area contributed by atoms with Crippen LogP contribution in [0.3, 0.4) is 0 Å². The maximum Gasteiger partial charge on any atom is 0.369 e. The summed E-state index contributed by atoms with van der Waals surface area (Å²) in [5.41, 5.74) is 1.91. The van der Waals surface area contributed by atoms with Crippen molar-refractivity contribution in [3.63, 3.8) is 0 Å². The molecule has 1 aliphatic heterocycles. The smallest absolute Gasteiger partial charge is 0.369 e. The van der Waals surface area contributed by atoms with E-state index >= 15 is 0 Å². The first-order valence-corrected chi connectivity index (χ1v) is 5.11. The van der Waals surface area contributed by atoms with E-state index < -0.39 is 5.97 Å². The van der Waals surface area contributed by atoms with Gasteiger partial charge < -0.3 is 10.2 Å². The average Bonchev–Trinajstić information content (AvgIpc) is 2.69. The van der Waals surface area contributed by atoms with Crippen LogP contribution in [0.25, 0.3) is 0 Å². The van der Waals surface area contributed by atoms with Gasteiger partial charge in [0.05, 0.1) is 0 Å². The molecular formula is C12H12N2O2. The van der Waals surface area contributed by atoms with E-state index in [1.807, 2.05) is 37.3 Å². The van der Waals surface area contributed by atoms with Crippen LogP contribution < -0.4 is 5.32 Å². The first-order valence-electron chi connectivity index (χ1n) is 5.11. The van der Waals surface area contributed by atoms with Crippen molar-refractivity contribution >= 4 is 11.7 Å². The molecule has 4 nitrogen and oxygen atoms in total. The fraction of sp³-hybridized carbons (Fsp3) is 0.167. The minimum Gasteiger partial charge on any atom is -0.390 e. The molecule has 1 heterocycles. The van der Waals surface area contributed by atoms with Gasteiger partial charge in [-0.1, -0.05) is 35.5 Å². The van der Waals surface area contributed by atoms with E-state index in [4.69, 9.17) is 0 Å². The van der Waals surface area contributed by atoms with Crippen molar-refractivity contribution in [2.24, 2.45) is 5.16 Å². The first kappa shape index (κ1) is 10.4. The van der Waals surface area contributed by atoms with Gasteiger partial charge in [-0.25, -0.2) is 4.79 Å². The summed E-state index contributed by atoms with van der Waals surface area (Å²) in [4.78, 5) is 16.1. The van der Waals surface area contributed by atoms with Crippen LogP contribution in [-0.4, -0.2) is 18.2 Å².